The van der Waals surface area contributed by atoms with Crippen LogP contribution in [0.3, 0.4) is 0 Å². The zero-order chi connectivity index (χ0) is 12.5. The number of hydrogen-bond donors (Lipinski definition) is 3. The fraction of sp³-hybridized carbons (Fsp3) is 0.444. The summed E-state index contributed by atoms with van der Waals surface area (Å²) in [5.74, 6) is -0.207. The van der Waals surface area contributed by atoms with Crippen LogP contribution in [0.15, 0.2) is 17.2 Å². The highest BCUT2D eigenvalue weighted by atomic mass is 32.2. The number of piperazine rings is 1. The van der Waals surface area contributed by atoms with Crippen LogP contribution in [-0.4, -0.2) is 50.4 Å². The predicted molar refractivity (Wildman–Crippen MR) is 60.9 cm³/mol. The van der Waals surface area contributed by atoms with Gasteiger partial charge in [-0.3, -0.25) is 4.79 Å². The number of amides is 1. The van der Waals surface area contributed by atoms with Crippen molar-refractivity contribution >= 4 is 15.9 Å². The van der Waals surface area contributed by atoms with Gasteiger partial charge < -0.3 is 15.2 Å². The maximum absolute atomic E-state index is 12.0. The van der Waals surface area contributed by atoms with Gasteiger partial charge in [-0.15, -0.1) is 0 Å². The van der Waals surface area contributed by atoms with E-state index in [2.05, 4.69) is 10.3 Å². The fourth-order valence-corrected chi connectivity index (χ4v) is 2.21. The van der Waals surface area contributed by atoms with Gasteiger partial charge in [0, 0.05) is 32.4 Å². The molecule has 0 radical (unpaired) electrons. The van der Waals surface area contributed by atoms with Crippen LogP contribution in [0.1, 0.15) is 10.5 Å². The molecule has 0 aliphatic carbocycles. The van der Waals surface area contributed by atoms with Gasteiger partial charge in [-0.1, -0.05) is 0 Å². The summed E-state index contributed by atoms with van der Waals surface area (Å²) in [4.78, 5) is 16.2. The highest BCUT2D eigenvalue weighted by Gasteiger charge is 2.21. The van der Waals surface area contributed by atoms with Crippen molar-refractivity contribution in [2.45, 2.75) is 4.90 Å². The van der Waals surface area contributed by atoms with Crippen LogP contribution in [0.2, 0.25) is 0 Å². The standard InChI is InChI=1S/C9H14N4O3S/c10-17(15,16)7-5-8(12-6-7)9(14)13-3-1-11-2-4-13/h5-6,11-12H,1-4H2,(H2,10,15,16). The number of H-pyrrole nitrogens is 1. The fourth-order valence-electron chi connectivity index (χ4n) is 1.70. The van der Waals surface area contributed by atoms with Crippen LogP contribution < -0.4 is 10.5 Å². The summed E-state index contributed by atoms with van der Waals surface area (Å²) in [5.41, 5.74) is 0.246. The molecule has 8 heteroatoms. The van der Waals surface area contributed by atoms with Crippen molar-refractivity contribution in [3.8, 4) is 0 Å². The first-order chi connectivity index (χ1) is 7.98. The van der Waals surface area contributed by atoms with E-state index in [0.717, 1.165) is 13.1 Å². The smallest absolute Gasteiger partial charge is 0.270 e. The molecule has 1 aliphatic rings. The average Bonchev–Trinajstić information content (AvgIpc) is 2.78. The van der Waals surface area contributed by atoms with E-state index in [0.29, 0.717) is 13.1 Å². The number of aromatic nitrogens is 1. The SMILES string of the molecule is NS(=O)(=O)c1c[nH]c(C(=O)N2CCNCC2)c1. The van der Waals surface area contributed by atoms with Crippen LogP contribution in [0.5, 0.6) is 0 Å². The van der Waals surface area contributed by atoms with E-state index in [1.54, 1.807) is 4.90 Å². The van der Waals surface area contributed by atoms with Crippen molar-refractivity contribution in [1.29, 1.82) is 0 Å². The Kier molecular flexibility index (Phi) is 3.18. The third-order valence-corrected chi connectivity index (χ3v) is 3.51. The van der Waals surface area contributed by atoms with E-state index in [9.17, 15) is 13.2 Å². The lowest BCUT2D eigenvalue weighted by molar-refractivity contribution is 0.0730. The minimum absolute atomic E-state index is 0.0732. The number of nitrogens with zero attached hydrogens (tertiary/aromatic N) is 1. The maximum atomic E-state index is 12.0. The number of sulfonamides is 1. The van der Waals surface area contributed by atoms with Gasteiger partial charge in [0.25, 0.3) is 5.91 Å². The summed E-state index contributed by atoms with van der Waals surface area (Å²) in [7, 11) is -3.76. The highest BCUT2D eigenvalue weighted by molar-refractivity contribution is 7.89. The molecule has 0 bridgehead atoms. The Morgan fingerprint density at radius 3 is 2.53 bits per heavy atom. The van der Waals surface area contributed by atoms with E-state index >= 15 is 0 Å². The van der Waals surface area contributed by atoms with Crippen molar-refractivity contribution in [1.82, 2.24) is 15.2 Å². The molecule has 1 aromatic heterocycles. The topological polar surface area (TPSA) is 108 Å². The molecule has 0 aromatic carbocycles. The van der Waals surface area contributed by atoms with Gasteiger partial charge in [-0.2, -0.15) is 0 Å². The third kappa shape index (κ3) is 2.65. The van der Waals surface area contributed by atoms with Gasteiger partial charge in [-0.25, -0.2) is 13.6 Å². The monoisotopic (exact) mass is 258 g/mol. The lowest BCUT2D eigenvalue weighted by Gasteiger charge is -2.26. The molecular formula is C9H14N4O3S. The van der Waals surface area contributed by atoms with E-state index < -0.39 is 10.0 Å². The normalized spacial score (nSPS) is 17.1. The summed E-state index contributed by atoms with van der Waals surface area (Å²) in [6.45, 7) is 2.72. The zero-order valence-electron chi connectivity index (χ0n) is 9.14. The second kappa shape index (κ2) is 4.47. The van der Waals surface area contributed by atoms with E-state index in [1.165, 1.54) is 12.3 Å². The Balaban J connectivity index is 2.17. The van der Waals surface area contributed by atoms with Gasteiger partial charge in [0.2, 0.25) is 10.0 Å². The number of primary sulfonamides is 1. The maximum Gasteiger partial charge on any atom is 0.270 e. The predicted octanol–water partition coefficient (Wildman–Crippen LogP) is -1.29. The summed E-state index contributed by atoms with van der Waals surface area (Å²) in [6, 6.07) is 1.26. The van der Waals surface area contributed by atoms with Crippen molar-refractivity contribution in [2.75, 3.05) is 26.2 Å². The molecule has 1 aromatic rings. The van der Waals surface area contributed by atoms with Crippen molar-refractivity contribution in [3.63, 3.8) is 0 Å². The lowest BCUT2D eigenvalue weighted by Crippen LogP contribution is -2.46. The van der Waals surface area contributed by atoms with Gasteiger partial charge in [0.1, 0.15) is 5.69 Å². The molecule has 0 spiro atoms. The van der Waals surface area contributed by atoms with Crippen molar-refractivity contribution in [3.05, 3.63) is 18.0 Å². The number of hydrogen-bond acceptors (Lipinski definition) is 4. The minimum Gasteiger partial charge on any atom is -0.356 e. The highest BCUT2D eigenvalue weighted by Crippen LogP contribution is 2.11. The molecule has 2 rings (SSSR count). The van der Waals surface area contributed by atoms with Gasteiger partial charge in [0.15, 0.2) is 0 Å². The molecule has 4 N–H and O–H groups in total. The lowest BCUT2D eigenvalue weighted by atomic mass is 10.3. The van der Waals surface area contributed by atoms with Gasteiger partial charge >= 0.3 is 0 Å². The van der Waals surface area contributed by atoms with E-state index in [1.807, 2.05) is 0 Å². The number of nitrogens with two attached hydrogens (primary N) is 1. The van der Waals surface area contributed by atoms with Crippen molar-refractivity contribution < 1.29 is 13.2 Å². The second-order valence-corrected chi connectivity index (χ2v) is 5.40. The Bertz CT molecular complexity index is 516. The minimum atomic E-state index is -3.76. The number of nitrogens with one attached hydrogen (secondary N) is 2. The molecule has 17 heavy (non-hydrogen) atoms. The zero-order valence-corrected chi connectivity index (χ0v) is 9.96. The molecule has 1 saturated heterocycles. The summed E-state index contributed by atoms with van der Waals surface area (Å²) in [5, 5.41) is 8.10. The number of carbonyl (C=O) groups excluding carboxylic acids is 1. The molecular weight excluding hydrogens is 244 g/mol. The van der Waals surface area contributed by atoms with Crippen LogP contribution in [0.25, 0.3) is 0 Å². The molecule has 0 unspecified atom stereocenters. The number of aromatic amines is 1. The van der Waals surface area contributed by atoms with Gasteiger partial charge in [0.05, 0.1) is 4.90 Å². The Hall–Kier alpha value is -1.38. The van der Waals surface area contributed by atoms with Crippen LogP contribution in [0.4, 0.5) is 0 Å². The number of rotatable bonds is 2. The molecule has 1 amide bonds. The van der Waals surface area contributed by atoms with Crippen LogP contribution in [-0.2, 0) is 10.0 Å². The van der Waals surface area contributed by atoms with Crippen molar-refractivity contribution in [2.24, 2.45) is 5.14 Å². The second-order valence-electron chi connectivity index (χ2n) is 3.84. The van der Waals surface area contributed by atoms with Gasteiger partial charge in [-0.05, 0) is 6.07 Å². The number of carbonyl (C=O) groups is 1. The summed E-state index contributed by atoms with van der Waals surface area (Å²) in [6.07, 6.45) is 1.23. The summed E-state index contributed by atoms with van der Waals surface area (Å²) < 4.78 is 22.1. The summed E-state index contributed by atoms with van der Waals surface area (Å²) >= 11 is 0. The molecule has 1 fully saturated rings. The van der Waals surface area contributed by atoms with E-state index in [-0.39, 0.29) is 16.5 Å². The molecule has 0 saturated carbocycles. The first-order valence-electron chi connectivity index (χ1n) is 5.20. The average molecular weight is 258 g/mol. The molecule has 7 nitrogen and oxygen atoms in total. The van der Waals surface area contributed by atoms with Crippen LogP contribution in [0, 0.1) is 0 Å². The largest absolute Gasteiger partial charge is 0.356 e. The van der Waals surface area contributed by atoms with Crippen LogP contribution >= 0.6 is 0 Å². The van der Waals surface area contributed by atoms with E-state index in [4.69, 9.17) is 5.14 Å². The Morgan fingerprint density at radius 2 is 2.00 bits per heavy atom. The molecule has 94 valence electrons. The Morgan fingerprint density at radius 1 is 1.35 bits per heavy atom. The third-order valence-electron chi connectivity index (χ3n) is 2.62. The first-order valence-corrected chi connectivity index (χ1v) is 6.74. The quantitative estimate of drug-likeness (QED) is 0.613. The Labute approximate surface area is 99.0 Å². The molecule has 2 heterocycles. The molecule has 0 atom stereocenters. The molecule has 1 aliphatic heterocycles. The first kappa shape index (κ1) is 12.1.